The van der Waals surface area contributed by atoms with Crippen LogP contribution >= 0.6 is 0 Å². The summed E-state index contributed by atoms with van der Waals surface area (Å²) in [5.41, 5.74) is 4.16. The molecule has 158 valence electrons. The number of benzene rings is 2. The van der Waals surface area contributed by atoms with E-state index in [4.69, 9.17) is 9.47 Å². The lowest BCUT2D eigenvalue weighted by Crippen LogP contribution is -2.35. The van der Waals surface area contributed by atoms with E-state index in [1.54, 1.807) is 7.11 Å². The zero-order valence-corrected chi connectivity index (χ0v) is 18.1. The van der Waals surface area contributed by atoms with Gasteiger partial charge in [-0.25, -0.2) is 0 Å². The van der Waals surface area contributed by atoms with Gasteiger partial charge in [-0.15, -0.1) is 0 Å². The van der Waals surface area contributed by atoms with Crippen molar-refractivity contribution in [1.29, 1.82) is 0 Å². The van der Waals surface area contributed by atoms with Gasteiger partial charge in [0.1, 0.15) is 11.4 Å². The van der Waals surface area contributed by atoms with E-state index in [1.807, 2.05) is 70.2 Å². The van der Waals surface area contributed by atoms with Crippen LogP contribution in [-0.2, 0) is 14.3 Å². The summed E-state index contributed by atoms with van der Waals surface area (Å²) >= 11 is 0. The Bertz CT molecular complexity index is 977. The van der Waals surface area contributed by atoms with Crippen LogP contribution in [0, 0.1) is 13.8 Å². The quantitative estimate of drug-likeness (QED) is 0.671. The molecule has 0 aromatic heterocycles. The molecule has 0 atom stereocenters. The lowest BCUT2D eigenvalue weighted by molar-refractivity contribution is -0.137. The second kappa shape index (κ2) is 9.13. The zero-order valence-electron chi connectivity index (χ0n) is 18.1. The first-order chi connectivity index (χ1) is 14.3. The van der Waals surface area contributed by atoms with Crippen LogP contribution in [0.3, 0.4) is 0 Å². The first-order valence-corrected chi connectivity index (χ1v) is 10.0. The summed E-state index contributed by atoms with van der Waals surface area (Å²) in [7, 11) is 1.55. The van der Waals surface area contributed by atoms with E-state index in [0.717, 1.165) is 22.4 Å². The van der Waals surface area contributed by atoms with Gasteiger partial charge in [-0.1, -0.05) is 23.8 Å². The molecule has 0 unspecified atom stereocenters. The highest BCUT2D eigenvalue weighted by Crippen LogP contribution is 2.32. The number of methoxy groups -OCH3 is 1. The van der Waals surface area contributed by atoms with Crippen molar-refractivity contribution < 1.29 is 19.1 Å². The highest BCUT2D eigenvalue weighted by molar-refractivity contribution is 6.36. The molecule has 30 heavy (non-hydrogen) atoms. The number of imide groups is 1. The predicted molar refractivity (Wildman–Crippen MR) is 117 cm³/mol. The highest BCUT2D eigenvalue weighted by Gasteiger charge is 2.39. The summed E-state index contributed by atoms with van der Waals surface area (Å²) in [6, 6.07) is 13.2. The van der Waals surface area contributed by atoms with Gasteiger partial charge < -0.3 is 14.8 Å². The topological polar surface area (TPSA) is 67.9 Å². The van der Waals surface area contributed by atoms with E-state index in [1.165, 1.54) is 4.90 Å². The molecule has 0 aliphatic carbocycles. The van der Waals surface area contributed by atoms with Crippen molar-refractivity contribution in [1.82, 2.24) is 4.90 Å². The molecule has 0 saturated heterocycles. The minimum absolute atomic E-state index is 0.0750. The molecule has 0 saturated carbocycles. The molecule has 1 aliphatic heterocycles. The Morgan fingerprint density at radius 1 is 1.00 bits per heavy atom. The summed E-state index contributed by atoms with van der Waals surface area (Å²) in [6.45, 7) is 8.36. The second-order valence-corrected chi connectivity index (χ2v) is 7.64. The molecule has 3 rings (SSSR count). The summed E-state index contributed by atoms with van der Waals surface area (Å²) in [6.07, 6.45) is 0.0750. The van der Waals surface area contributed by atoms with Crippen LogP contribution in [0.5, 0.6) is 5.75 Å². The fourth-order valence-corrected chi connectivity index (χ4v) is 3.45. The number of anilines is 1. The molecular weight excluding hydrogens is 380 g/mol. The monoisotopic (exact) mass is 408 g/mol. The summed E-state index contributed by atoms with van der Waals surface area (Å²) in [5.74, 6) is 0.0791. The number of aryl methyl sites for hydroxylation is 2. The van der Waals surface area contributed by atoms with Gasteiger partial charge in [0, 0.05) is 12.8 Å². The Morgan fingerprint density at radius 3 is 2.30 bits per heavy atom. The molecule has 1 N–H and O–H groups in total. The Balaban J connectivity index is 1.99. The molecule has 0 bridgehead atoms. The molecule has 0 spiro atoms. The van der Waals surface area contributed by atoms with Crippen molar-refractivity contribution in [3.05, 3.63) is 64.9 Å². The fraction of sp³-hybridized carbons (Fsp3) is 0.333. The zero-order chi connectivity index (χ0) is 21.8. The van der Waals surface area contributed by atoms with Crippen molar-refractivity contribution >= 4 is 23.1 Å². The van der Waals surface area contributed by atoms with Crippen molar-refractivity contribution in [2.24, 2.45) is 0 Å². The standard InChI is InChI=1S/C24H28N2O4/c1-15(2)30-19-9-7-18(8-10-19)25-22-21(20-11-6-16(3)14-17(20)4)23(27)26(24(22)28)12-13-29-5/h6-11,14-15,25H,12-13H2,1-5H3. The van der Waals surface area contributed by atoms with E-state index in [0.29, 0.717) is 11.3 Å². The van der Waals surface area contributed by atoms with Crippen LogP contribution in [-0.4, -0.2) is 43.1 Å². The summed E-state index contributed by atoms with van der Waals surface area (Å²) in [5, 5.41) is 3.17. The van der Waals surface area contributed by atoms with Gasteiger partial charge in [-0.05, 0) is 63.1 Å². The molecule has 0 radical (unpaired) electrons. The number of rotatable bonds is 8. The molecule has 1 aliphatic rings. The molecule has 1 heterocycles. The molecule has 6 heteroatoms. The number of hydrogen-bond donors (Lipinski definition) is 1. The Labute approximate surface area is 177 Å². The third-order valence-corrected chi connectivity index (χ3v) is 4.83. The minimum atomic E-state index is -0.352. The Morgan fingerprint density at radius 2 is 1.70 bits per heavy atom. The molecule has 0 fully saturated rings. The molecule has 2 aromatic rings. The normalized spacial score (nSPS) is 14.1. The van der Waals surface area contributed by atoms with E-state index < -0.39 is 0 Å². The minimum Gasteiger partial charge on any atom is -0.491 e. The van der Waals surface area contributed by atoms with Crippen LogP contribution in [0.1, 0.15) is 30.5 Å². The summed E-state index contributed by atoms with van der Waals surface area (Å²) < 4.78 is 10.8. The molecular formula is C24H28N2O4. The van der Waals surface area contributed by atoms with Gasteiger partial charge in [-0.2, -0.15) is 0 Å². The van der Waals surface area contributed by atoms with Crippen LogP contribution in [0.4, 0.5) is 5.69 Å². The van der Waals surface area contributed by atoms with Gasteiger partial charge >= 0.3 is 0 Å². The van der Waals surface area contributed by atoms with Crippen molar-refractivity contribution in [2.45, 2.75) is 33.8 Å². The van der Waals surface area contributed by atoms with Crippen molar-refractivity contribution in [3.8, 4) is 5.75 Å². The number of amides is 2. The van der Waals surface area contributed by atoms with Crippen LogP contribution in [0.2, 0.25) is 0 Å². The first-order valence-electron chi connectivity index (χ1n) is 10.0. The Hall–Kier alpha value is -3.12. The molecule has 6 nitrogen and oxygen atoms in total. The lowest BCUT2D eigenvalue weighted by atomic mass is 9.97. The van der Waals surface area contributed by atoms with Gasteiger partial charge in [0.2, 0.25) is 0 Å². The van der Waals surface area contributed by atoms with Crippen LogP contribution < -0.4 is 10.1 Å². The third-order valence-electron chi connectivity index (χ3n) is 4.83. The van der Waals surface area contributed by atoms with Gasteiger partial charge in [0.25, 0.3) is 11.8 Å². The summed E-state index contributed by atoms with van der Waals surface area (Å²) in [4.78, 5) is 27.5. The average Bonchev–Trinajstić information content (AvgIpc) is 2.91. The number of nitrogens with one attached hydrogen (secondary N) is 1. The van der Waals surface area contributed by atoms with Crippen molar-refractivity contribution in [3.63, 3.8) is 0 Å². The highest BCUT2D eigenvalue weighted by atomic mass is 16.5. The van der Waals surface area contributed by atoms with Crippen molar-refractivity contribution in [2.75, 3.05) is 25.6 Å². The van der Waals surface area contributed by atoms with E-state index in [2.05, 4.69) is 5.32 Å². The SMILES string of the molecule is COCCN1C(=O)C(Nc2ccc(OC(C)C)cc2)=C(c2ccc(C)cc2C)C1=O. The van der Waals surface area contributed by atoms with Gasteiger partial charge in [0.05, 0.1) is 24.8 Å². The molecule has 2 amide bonds. The second-order valence-electron chi connectivity index (χ2n) is 7.64. The van der Waals surface area contributed by atoms with E-state index in [9.17, 15) is 9.59 Å². The smallest absolute Gasteiger partial charge is 0.278 e. The molecule has 2 aromatic carbocycles. The fourth-order valence-electron chi connectivity index (χ4n) is 3.45. The van der Waals surface area contributed by atoms with Crippen LogP contribution in [0.25, 0.3) is 5.57 Å². The maximum Gasteiger partial charge on any atom is 0.278 e. The number of carbonyl (C=O) groups excluding carboxylic acids is 2. The number of carbonyl (C=O) groups is 2. The maximum absolute atomic E-state index is 13.2. The lowest BCUT2D eigenvalue weighted by Gasteiger charge is -2.15. The van der Waals surface area contributed by atoms with Crippen LogP contribution in [0.15, 0.2) is 48.2 Å². The number of ether oxygens (including phenoxy) is 2. The largest absolute Gasteiger partial charge is 0.491 e. The predicted octanol–water partition coefficient (Wildman–Crippen LogP) is 3.93. The maximum atomic E-state index is 13.2. The number of nitrogens with zero attached hydrogens (tertiary/aromatic N) is 1. The number of hydrogen-bond acceptors (Lipinski definition) is 5. The first kappa shape index (κ1) is 21.6. The van der Waals surface area contributed by atoms with E-state index in [-0.39, 0.29) is 36.8 Å². The van der Waals surface area contributed by atoms with Gasteiger partial charge in [-0.3, -0.25) is 14.5 Å². The van der Waals surface area contributed by atoms with Gasteiger partial charge in [0.15, 0.2) is 0 Å². The third kappa shape index (κ3) is 4.54. The van der Waals surface area contributed by atoms with E-state index >= 15 is 0 Å². The average molecular weight is 408 g/mol. The Kier molecular flexibility index (Phi) is 6.57.